The van der Waals surface area contributed by atoms with Crippen LogP contribution in [-0.2, 0) is 19.5 Å². The molecule has 0 bridgehead atoms. The van der Waals surface area contributed by atoms with Crippen LogP contribution in [0.15, 0.2) is 33.9 Å². The highest BCUT2D eigenvalue weighted by atomic mass is 16.2. The molecule has 1 aliphatic heterocycles. The fourth-order valence-electron chi connectivity index (χ4n) is 2.88. The Hall–Kier alpha value is -2.67. The van der Waals surface area contributed by atoms with Gasteiger partial charge in [-0.25, -0.2) is 4.79 Å². The predicted octanol–water partition coefficient (Wildman–Crippen LogP) is -0.280. The summed E-state index contributed by atoms with van der Waals surface area (Å²) in [7, 11) is 0. The van der Waals surface area contributed by atoms with Crippen molar-refractivity contribution in [2.24, 2.45) is 5.73 Å². The number of rotatable bonds is 3. The smallest absolute Gasteiger partial charge is 0.325 e. The van der Waals surface area contributed by atoms with Gasteiger partial charge in [-0.2, -0.15) is 0 Å². The number of benzene rings is 1. The molecule has 2 aromatic rings. The second-order valence-electron chi connectivity index (χ2n) is 5.38. The third kappa shape index (κ3) is 2.84. The first-order chi connectivity index (χ1) is 10.5. The molecular weight excluding hydrogens is 284 g/mol. The van der Waals surface area contributed by atoms with Crippen LogP contribution < -0.4 is 17.0 Å². The van der Waals surface area contributed by atoms with Crippen molar-refractivity contribution in [1.29, 1.82) is 0 Å². The van der Waals surface area contributed by atoms with E-state index in [0.29, 0.717) is 30.8 Å². The van der Waals surface area contributed by atoms with Crippen LogP contribution in [0.3, 0.4) is 0 Å². The summed E-state index contributed by atoms with van der Waals surface area (Å²) in [5, 5.41) is 0. The first-order valence-electron chi connectivity index (χ1n) is 6.98. The maximum absolute atomic E-state index is 11.5. The molecule has 7 heteroatoms. The molecule has 1 aromatic carbocycles. The van der Waals surface area contributed by atoms with Gasteiger partial charge in [-0.05, 0) is 23.6 Å². The van der Waals surface area contributed by atoms with Crippen molar-refractivity contribution in [2.45, 2.75) is 19.5 Å². The van der Waals surface area contributed by atoms with Gasteiger partial charge in [-0.3, -0.25) is 19.5 Å². The first-order valence-corrected chi connectivity index (χ1v) is 6.98. The zero-order valence-corrected chi connectivity index (χ0v) is 11.9. The van der Waals surface area contributed by atoms with Crippen molar-refractivity contribution < 1.29 is 4.79 Å². The molecule has 114 valence electrons. The summed E-state index contributed by atoms with van der Waals surface area (Å²) in [4.78, 5) is 40.9. The number of carbonyl (C=O) groups is 1. The van der Waals surface area contributed by atoms with E-state index in [4.69, 9.17) is 5.73 Å². The number of nitrogens with zero attached hydrogens (tertiary/aromatic N) is 1. The second kappa shape index (κ2) is 5.61. The summed E-state index contributed by atoms with van der Waals surface area (Å²) >= 11 is 0. The van der Waals surface area contributed by atoms with E-state index in [1.807, 2.05) is 12.1 Å². The minimum Gasteiger partial charge on any atom is -0.366 e. The van der Waals surface area contributed by atoms with Crippen molar-refractivity contribution in [1.82, 2.24) is 14.9 Å². The van der Waals surface area contributed by atoms with Crippen molar-refractivity contribution in [2.75, 3.05) is 6.54 Å². The van der Waals surface area contributed by atoms with E-state index < -0.39 is 17.2 Å². The van der Waals surface area contributed by atoms with E-state index in [2.05, 4.69) is 14.9 Å². The number of hydrogen-bond acceptors (Lipinski definition) is 4. The van der Waals surface area contributed by atoms with Crippen LogP contribution in [0.5, 0.6) is 0 Å². The van der Waals surface area contributed by atoms with Gasteiger partial charge in [0.1, 0.15) is 0 Å². The Labute approximate surface area is 125 Å². The van der Waals surface area contributed by atoms with E-state index in [0.717, 1.165) is 17.7 Å². The maximum atomic E-state index is 11.5. The van der Waals surface area contributed by atoms with Crippen LogP contribution in [0.4, 0.5) is 0 Å². The SMILES string of the molecule is NC(=O)c1cccc2c1CCN(Cc1cc(=O)[nH]c(=O)[nH]1)C2. The highest BCUT2D eigenvalue weighted by Crippen LogP contribution is 2.23. The van der Waals surface area contributed by atoms with Gasteiger partial charge in [0, 0.05) is 37.0 Å². The van der Waals surface area contributed by atoms with E-state index >= 15 is 0 Å². The van der Waals surface area contributed by atoms with Gasteiger partial charge in [0.15, 0.2) is 0 Å². The number of nitrogens with two attached hydrogens (primary N) is 1. The van der Waals surface area contributed by atoms with Crippen molar-refractivity contribution >= 4 is 5.91 Å². The first kappa shape index (κ1) is 14.3. The van der Waals surface area contributed by atoms with Crippen molar-refractivity contribution in [3.8, 4) is 0 Å². The normalized spacial score (nSPS) is 14.5. The molecular formula is C15H16N4O3. The third-order valence-electron chi connectivity index (χ3n) is 3.82. The van der Waals surface area contributed by atoms with Crippen LogP contribution in [0, 0.1) is 0 Å². The van der Waals surface area contributed by atoms with E-state index in [1.165, 1.54) is 6.07 Å². The Morgan fingerprint density at radius 2 is 2.09 bits per heavy atom. The minimum absolute atomic E-state index is 0.410. The maximum Gasteiger partial charge on any atom is 0.325 e. The fourth-order valence-corrected chi connectivity index (χ4v) is 2.88. The molecule has 2 heterocycles. The molecule has 7 nitrogen and oxygen atoms in total. The minimum atomic E-state index is -0.504. The molecule has 0 spiro atoms. The molecule has 0 fully saturated rings. The summed E-state index contributed by atoms with van der Waals surface area (Å²) in [5.41, 5.74) is 7.67. The van der Waals surface area contributed by atoms with Crippen LogP contribution in [0.25, 0.3) is 0 Å². The summed E-state index contributed by atoms with van der Waals surface area (Å²) < 4.78 is 0. The number of aromatic nitrogens is 2. The number of fused-ring (bicyclic) bond motifs is 1. The van der Waals surface area contributed by atoms with E-state index in [1.54, 1.807) is 6.07 Å². The lowest BCUT2D eigenvalue weighted by molar-refractivity contribution is 0.0998. The molecule has 3 rings (SSSR count). The fraction of sp³-hybridized carbons (Fsp3) is 0.267. The largest absolute Gasteiger partial charge is 0.366 e. The summed E-state index contributed by atoms with van der Waals surface area (Å²) in [5.74, 6) is -0.413. The molecule has 4 N–H and O–H groups in total. The Kier molecular flexibility index (Phi) is 3.64. The summed E-state index contributed by atoms with van der Waals surface area (Å²) in [6.07, 6.45) is 0.710. The number of carbonyl (C=O) groups excluding carboxylic acids is 1. The summed E-state index contributed by atoms with van der Waals surface area (Å²) in [6, 6.07) is 6.91. The molecule has 0 saturated carbocycles. The molecule has 22 heavy (non-hydrogen) atoms. The second-order valence-corrected chi connectivity index (χ2v) is 5.38. The molecule has 0 saturated heterocycles. The molecule has 1 amide bonds. The zero-order chi connectivity index (χ0) is 15.7. The van der Waals surface area contributed by atoms with Gasteiger partial charge in [-0.1, -0.05) is 12.1 Å². The molecule has 0 unspecified atom stereocenters. The van der Waals surface area contributed by atoms with E-state index in [-0.39, 0.29) is 0 Å². The molecule has 1 aliphatic rings. The standard InChI is InChI=1S/C15H16N4O3/c16-14(21)12-3-1-2-9-7-19(5-4-11(9)12)8-10-6-13(20)18-15(22)17-10/h1-3,6H,4-5,7-8H2,(H2,16,21)(H2,17,18,20,22). The predicted molar refractivity (Wildman–Crippen MR) is 80.5 cm³/mol. The monoisotopic (exact) mass is 300 g/mol. The Balaban J connectivity index is 1.83. The zero-order valence-electron chi connectivity index (χ0n) is 11.9. The number of nitrogens with one attached hydrogen (secondary N) is 2. The lowest BCUT2D eigenvalue weighted by atomic mass is 9.94. The molecule has 0 atom stereocenters. The lowest BCUT2D eigenvalue weighted by Gasteiger charge is -2.29. The Bertz CT molecular complexity index is 809. The quantitative estimate of drug-likeness (QED) is 0.723. The van der Waals surface area contributed by atoms with Gasteiger partial charge >= 0.3 is 5.69 Å². The van der Waals surface area contributed by atoms with Crippen LogP contribution in [-0.4, -0.2) is 27.3 Å². The van der Waals surface area contributed by atoms with Gasteiger partial charge < -0.3 is 10.7 Å². The molecule has 1 aromatic heterocycles. The Morgan fingerprint density at radius 1 is 1.27 bits per heavy atom. The van der Waals surface area contributed by atoms with Crippen LogP contribution in [0.2, 0.25) is 0 Å². The van der Waals surface area contributed by atoms with Crippen molar-refractivity contribution in [3.05, 3.63) is 67.5 Å². The molecule has 0 aliphatic carbocycles. The molecule has 0 radical (unpaired) electrons. The third-order valence-corrected chi connectivity index (χ3v) is 3.82. The number of aromatic amines is 2. The van der Waals surface area contributed by atoms with Crippen LogP contribution in [0.1, 0.15) is 27.2 Å². The number of hydrogen-bond donors (Lipinski definition) is 3. The Morgan fingerprint density at radius 3 is 2.82 bits per heavy atom. The topological polar surface area (TPSA) is 112 Å². The highest BCUT2D eigenvalue weighted by Gasteiger charge is 2.20. The average Bonchev–Trinajstić information content (AvgIpc) is 2.45. The summed E-state index contributed by atoms with van der Waals surface area (Å²) in [6.45, 7) is 1.84. The number of amides is 1. The van der Waals surface area contributed by atoms with Crippen molar-refractivity contribution in [3.63, 3.8) is 0 Å². The lowest BCUT2D eigenvalue weighted by Crippen LogP contribution is -2.33. The van der Waals surface area contributed by atoms with Gasteiger partial charge in [0.25, 0.3) is 5.56 Å². The van der Waals surface area contributed by atoms with Crippen LogP contribution >= 0.6 is 0 Å². The highest BCUT2D eigenvalue weighted by molar-refractivity contribution is 5.94. The van der Waals surface area contributed by atoms with E-state index in [9.17, 15) is 14.4 Å². The number of primary amides is 1. The average molecular weight is 300 g/mol. The van der Waals surface area contributed by atoms with Gasteiger partial charge in [0.2, 0.25) is 5.91 Å². The number of H-pyrrole nitrogens is 2. The van der Waals surface area contributed by atoms with Gasteiger partial charge in [0.05, 0.1) is 0 Å². The van der Waals surface area contributed by atoms with Gasteiger partial charge in [-0.15, -0.1) is 0 Å².